The van der Waals surface area contributed by atoms with Gasteiger partial charge in [-0.15, -0.1) is 0 Å². The topological polar surface area (TPSA) is 96.3 Å². The number of hydrogen-bond acceptors (Lipinski definition) is 5. The predicted molar refractivity (Wildman–Crippen MR) is 109 cm³/mol. The van der Waals surface area contributed by atoms with Crippen LogP contribution in [0.5, 0.6) is 5.75 Å². The Morgan fingerprint density at radius 2 is 1.90 bits per heavy atom. The SMILES string of the molecule is N#CCNC(=O)[C@@H]1C[C@@H](S(=O)(=O)c2ccccc2Cl)C[C@H]1COc1ccc(F)cc1. The lowest BCUT2D eigenvalue weighted by Crippen LogP contribution is -2.34. The molecular weight excluding hydrogens is 431 g/mol. The molecule has 0 saturated heterocycles. The second-order valence-corrected chi connectivity index (χ2v) is 9.68. The lowest BCUT2D eigenvalue weighted by Gasteiger charge is -2.18. The van der Waals surface area contributed by atoms with Gasteiger partial charge in [0.2, 0.25) is 5.91 Å². The van der Waals surface area contributed by atoms with E-state index in [0.717, 1.165) is 0 Å². The van der Waals surface area contributed by atoms with Gasteiger partial charge in [0.25, 0.3) is 0 Å². The Bertz CT molecular complexity index is 1050. The van der Waals surface area contributed by atoms with E-state index in [4.69, 9.17) is 21.6 Å². The van der Waals surface area contributed by atoms with Crippen molar-refractivity contribution < 1.29 is 22.3 Å². The molecule has 0 aliphatic heterocycles. The van der Waals surface area contributed by atoms with Gasteiger partial charge in [-0.1, -0.05) is 23.7 Å². The van der Waals surface area contributed by atoms with E-state index in [1.54, 1.807) is 12.1 Å². The first-order valence-corrected chi connectivity index (χ1v) is 11.3. The van der Waals surface area contributed by atoms with Crippen molar-refractivity contribution in [2.24, 2.45) is 11.8 Å². The first kappa shape index (κ1) is 22.1. The monoisotopic (exact) mass is 450 g/mol. The van der Waals surface area contributed by atoms with E-state index >= 15 is 0 Å². The van der Waals surface area contributed by atoms with Crippen LogP contribution in [-0.4, -0.2) is 32.7 Å². The summed E-state index contributed by atoms with van der Waals surface area (Å²) in [6.45, 7) is -0.0758. The average molecular weight is 451 g/mol. The number of hydrogen-bond donors (Lipinski definition) is 1. The van der Waals surface area contributed by atoms with E-state index < -0.39 is 32.7 Å². The molecule has 30 heavy (non-hydrogen) atoms. The molecule has 0 radical (unpaired) electrons. The third-order valence-corrected chi connectivity index (χ3v) is 7.86. The van der Waals surface area contributed by atoms with E-state index in [9.17, 15) is 17.6 Å². The molecule has 0 aromatic heterocycles. The summed E-state index contributed by atoms with van der Waals surface area (Å²) in [4.78, 5) is 12.6. The fourth-order valence-electron chi connectivity index (χ4n) is 3.68. The lowest BCUT2D eigenvalue weighted by atomic mass is 9.96. The molecule has 6 nitrogen and oxygen atoms in total. The summed E-state index contributed by atoms with van der Waals surface area (Å²) in [5.41, 5.74) is 0. The number of carbonyl (C=O) groups is 1. The summed E-state index contributed by atoms with van der Waals surface area (Å²) in [7, 11) is -3.76. The predicted octanol–water partition coefficient (Wildman–Crippen LogP) is 3.37. The van der Waals surface area contributed by atoms with Crippen LogP contribution in [0.3, 0.4) is 0 Å². The van der Waals surface area contributed by atoms with Crippen molar-refractivity contribution in [3.8, 4) is 11.8 Å². The van der Waals surface area contributed by atoms with E-state index in [2.05, 4.69) is 5.32 Å². The Balaban J connectivity index is 1.80. The third-order valence-electron chi connectivity index (χ3n) is 5.19. The van der Waals surface area contributed by atoms with E-state index in [0.29, 0.717) is 5.75 Å². The highest BCUT2D eigenvalue weighted by atomic mass is 35.5. The fraction of sp³-hybridized carbons (Fsp3) is 0.333. The second kappa shape index (κ2) is 9.45. The Morgan fingerprint density at radius 3 is 2.57 bits per heavy atom. The number of amides is 1. The Hall–Kier alpha value is -2.63. The van der Waals surface area contributed by atoms with Gasteiger partial charge in [-0.2, -0.15) is 5.26 Å². The van der Waals surface area contributed by atoms with Crippen LogP contribution in [0.1, 0.15) is 12.8 Å². The molecule has 3 rings (SSSR count). The number of benzene rings is 2. The second-order valence-electron chi connectivity index (χ2n) is 7.08. The largest absolute Gasteiger partial charge is 0.493 e. The number of halogens is 2. The van der Waals surface area contributed by atoms with Crippen molar-refractivity contribution in [1.29, 1.82) is 5.26 Å². The van der Waals surface area contributed by atoms with Gasteiger partial charge in [-0.3, -0.25) is 4.79 Å². The van der Waals surface area contributed by atoms with Crippen LogP contribution in [0, 0.1) is 29.0 Å². The highest BCUT2D eigenvalue weighted by Gasteiger charge is 2.45. The van der Waals surface area contributed by atoms with Gasteiger partial charge in [0.15, 0.2) is 9.84 Å². The molecular formula is C21H20ClFN2O4S. The third kappa shape index (κ3) is 4.91. The van der Waals surface area contributed by atoms with Crippen molar-refractivity contribution in [3.63, 3.8) is 0 Å². The molecule has 1 fully saturated rings. The molecule has 2 aromatic rings. The molecule has 1 aliphatic carbocycles. The van der Waals surface area contributed by atoms with Gasteiger partial charge in [0.05, 0.1) is 27.8 Å². The fourth-order valence-corrected chi connectivity index (χ4v) is 6.07. The summed E-state index contributed by atoms with van der Waals surface area (Å²) >= 11 is 6.10. The Morgan fingerprint density at radius 1 is 1.20 bits per heavy atom. The molecule has 0 heterocycles. The average Bonchev–Trinajstić information content (AvgIpc) is 3.17. The number of nitrogens with one attached hydrogen (secondary N) is 1. The number of sulfone groups is 1. The zero-order valence-electron chi connectivity index (χ0n) is 15.9. The molecule has 0 unspecified atom stereocenters. The van der Waals surface area contributed by atoms with Crippen molar-refractivity contribution >= 4 is 27.3 Å². The maximum atomic E-state index is 13.1. The minimum atomic E-state index is -3.76. The number of nitriles is 1. The number of rotatable bonds is 7. The maximum Gasteiger partial charge on any atom is 0.224 e. The van der Waals surface area contributed by atoms with Gasteiger partial charge in [0, 0.05) is 11.8 Å². The van der Waals surface area contributed by atoms with Gasteiger partial charge in [-0.25, -0.2) is 12.8 Å². The molecule has 0 spiro atoms. The summed E-state index contributed by atoms with van der Waals surface area (Å²) < 4.78 is 45.1. The van der Waals surface area contributed by atoms with Crippen molar-refractivity contribution in [3.05, 3.63) is 59.4 Å². The highest BCUT2D eigenvalue weighted by Crippen LogP contribution is 2.40. The van der Waals surface area contributed by atoms with Crippen molar-refractivity contribution in [2.75, 3.05) is 13.2 Å². The summed E-state index contributed by atoms with van der Waals surface area (Å²) in [6, 6.07) is 13.5. The molecule has 3 atom stereocenters. The van der Waals surface area contributed by atoms with Crippen LogP contribution in [0.25, 0.3) is 0 Å². The zero-order chi connectivity index (χ0) is 21.7. The molecule has 9 heteroatoms. The van der Waals surface area contributed by atoms with Gasteiger partial charge >= 0.3 is 0 Å². The zero-order valence-corrected chi connectivity index (χ0v) is 17.5. The normalized spacial score (nSPS) is 21.0. The van der Waals surface area contributed by atoms with E-state index in [1.165, 1.54) is 36.4 Å². The van der Waals surface area contributed by atoms with Crippen LogP contribution in [-0.2, 0) is 14.6 Å². The molecule has 0 bridgehead atoms. The summed E-state index contributed by atoms with van der Waals surface area (Å²) in [6.07, 6.45) is 0.307. The number of ether oxygens (including phenoxy) is 1. The lowest BCUT2D eigenvalue weighted by molar-refractivity contribution is -0.126. The maximum absolute atomic E-state index is 13.1. The standard InChI is InChI=1S/C21H20ClFN2O4S/c22-19-3-1-2-4-20(19)30(27,28)17-11-14(18(12-17)21(26)25-10-9-24)13-29-16-7-5-15(23)6-8-16/h1-8,14,17-18H,10-13H2,(H,25,26)/t14-,17-,18+/m0/s1. The van der Waals surface area contributed by atoms with Crippen molar-refractivity contribution in [2.45, 2.75) is 23.0 Å². The van der Waals surface area contributed by atoms with Crippen LogP contribution in [0.2, 0.25) is 5.02 Å². The van der Waals surface area contributed by atoms with E-state index in [-0.39, 0.29) is 41.8 Å². The minimum absolute atomic E-state index is 0.0351. The van der Waals surface area contributed by atoms with Gasteiger partial charge in [-0.05, 0) is 49.2 Å². The smallest absolute Gasteiger partial charge is 0.224 e. The molecule has 1 saturated carbocycles. The van der Waals surface area contributed by atoms with Gasteiger partial charge < -0.3 is 10.1 Å². The van der Waals surface area contributed by atoms with Gasteiger partial charge in [0.1, 0.15) is 18.1 Å². The van der Waals surface area contributed by atoms with Crippen LogP contribution in [0.4, 0.5) is 4.39 Å². The Kier molecular flexibility index (Phi) is 6.95. The first-order valence-electron chi connectivity index (χ1n) is 9.34. The molecule has 1 N–H and O–H groups in total. The van der Waals surface area contributed by atoms with Crippen LogP contribution < -0.4 is 10.1 Å². The Labute approximate surface area is 179 Å². The van der Waals surface area contributed by atoms with Crippen LogP contribution >= 0.6 is 11.6 Å². The molecule has 1 aliphatic rings. The number of carbonyl (C=O) groups excluding carboxylic acids is 1. The van der Waals surface area contributed by atoms with E-state index in [1.807, 2.05) is 6.07 Å². The summed E-state index contributed by atoms with van der Waals surface area (Å²) in [5.74, 6) is -1.40. The molecule has 2 aromatic carbocycles. The highest BCUT2D eigenvalue weighted by molar-refractivity contribution is 7.92. The van der Waals surface area contributed by atoms with Crippen molar-refractivity contribution in [1.82, 2.24) is 5.32 Å². The number of nitrogens with zero attached hydrogens (tertiary/aromatic N) is 1. The quantitative estimate of drug-likeness (QED) is 0.652. The first-order chi connectivity index (χ1) is 14.3. The summed E-state index contributed by atoms with van der Waals surface area (Å²) in [5, 5.41) is 10.6. The van der Waals surface area contributed by atoms with Crippen LogP contribution in [0.15, 0.2) is 53.4 Å². The minimum Gasteiger partial charge on any atom is -0.493 e. The molecule has 158 valence electrons. The molecule has 1 amide bonds.